The van der Waals surface area contributed by atoms with Crippen molar-refractivity contribution in [3.63, 3.8) is 0 Å². The standard InChI is InChI=1S/C12H12FN5O3/c1-5-11(6(2)17-16-5)15-12(19)9-7(13)3-4-8(10(9)14)18(20)21/h3-4H,14H2,1-2H3,(H,15,19)(H,16,17). The number of H-pyrrole nitrogens is 1. The van der Waals surface area contributed by atoms with E-state index in [0.29, 0.717) is 17.1 Å². The summed E-state index contributed by atoms with van der Waals surface area (Å²) in [6.45, 7) is 3.31. The number of anilines is 2. The number of amides is 1. The molecule has 0 aliphatic heterocycles. The van der Waals surface area contributed by atoms with E-state index >= 15 is 0 Å². The van der Waals surface area contributed by atoms with E-state index in [-0.39, 0.29) is 0 Å². The lowest BCUT2D eigenvalue weighted by Gasteiger charge is -2.09. The number of carbonyl (C=O) groups excluding carboxylic acids is 1. The largest absolute Gasteiger partial charge is 0.392 e. The number of nitrogens with two attached hydrogens (primary N) is 1. The van der Waals surface area contributed by atoms with Crippen molar-refractivity contribution in [3.05, 3.63) is 45.0 Å². The van der Waals surface area contributed by atoms with Crippen LogP contribution in [0.2, 0.25) is 0 Å². The van der Waals surface area contributed by atoms with Gasteiger partial charge in [-0.3, -0.25) is 20.0 Å². The van der Waals surface area contributed by atoms with Gasteiger partial charge in [0.25, 0.3) is 11.6 Å². The van der Waals surface area contributed by atoms with Crippen LogP contribution in [0.3, 0.4) is 0 Å². The Balaban J connectivity index is 2.44. The van der Waals surface area contributed by atoms with Gasteiger partial charge in [-0.1, -0.05) is 0 Å². The summed E-state index contributed by atoms with van der Waals surface area (Å²) in [5, 5.41) is 19.8. The molecular formula is C12H12FN5O3. The minimum absolute atomic E-state index is 0.380. The monoisotopic (exact) mass is 293 g/mol. The lowest BCUT2D eigenvalue weighted by Crippen LogP contribution is -2.17. The van der Waals surface area contributed by atoms with Gasteiger partial charge in [0.1, 0.15) is 17.1 Å². The number of nitro benzene ring substituents is 1. The van der Waals surface area contributed by atoms with Crippen LogP contribution in [-0.4, -0.2) is 21.0 Å². The molecule has 1 heterocycles. The highest BCUT2D eigenvalue weighted by molar-refractivity contribution is 6.09. The number of aromatic amines is 1. The molecule has 1 aromatic carbocycles. The third-order valence-electron chi connectivity index (χ3n) is 2.96. The van der Waals surface area contributed by atoms with Crippen molar-refractivity contribution >= 4 is 23.0 Å². The number of carbonyl (C=O) groups is 1. The van der Waals surface area contributed by atoms with E-state index in [1.54, 1.807) is 13.8 Å². The summed E-state index contributed by atoms with van der Waals surface area (Å²) in [6.07, 6.45) is 0. The molecule has 21 heavy (non-hydrogen) atoms. The molecule has 0 aliphatic carbocycles. The van der Waals surface area contributed by atoms with Crippen molar-refractivity contribution in [3.8, 4) is 0 Å². The van der Waals surface area contributed by atoms with Crippen LogP contribution in [0.5, 0.6) is 0 Å². The molecule has 0 saturated heterocycles. The Hall–Kier alpha value is -2.97. The first-order valence-corrected chi connectivity index (χ1v) is 5.88. The summed E-state index contributed by atoms with van der Waals surface area (Å²) in [6, 6.07) is 1.74. The van der Waals surface area contributed by atoms with E-state index in [9.17, 15) is 19.3 Å². The van der Waals surface area contributed by atoms with Crippen molar-refractivity contribution in [1.29, 1.82) is 0 Å². The number of benzene rings is 1. The SMILES string of the molecule is Cc1n[nH]c(C)c1NC(=O)c1c(F)ccc([N+](=O)[O-])c1N. The van der Waals surface area contributed by atoms with Gasteiger partial charge in [0.05, 0.1) is 22.0 Å². The molecule has 0 saturated carbocycles. The van der Waals surface area contributed by atoms with Crippen molar-refractivity contribution in [1.82, 2.24) is 10.2 Å². The molecule has 1 aromatic heterocycles. The minimum atomic E-state index is -0.936. The summed E-state index contributed by atoms with van der Waals surface area (Å²) in [5.41, 5.74) is 5.38. The average molecular weight is 293 g/mol. The lowest BCUT2D eigenvalue weighted by molar-refractivity contribution is -0.384. The predicted molar refractivity (Wildman–Crippen MR) is 73.5 cm³/mol. The average Bonchev–Trinajstić information content (AvgIpc) is 2.70. The number of aromatic nitrogens is 2. The number of nitrogens with one attached hydrogen (secondary N) is 2. The topological polar surface area (TPSA) is 127 Å². The molecule has 0 aliphatic rings. The van der Waals surface area contributed by atoms with Gasteiger partial charge in [-0.05, 0) is 19.9 Å². The molecule has 2 rings (SSSR count). The van der Waals surface area contributed by atoms with Gasteiger partial charge in [0.15, 0.2) is 0 Å². The summed E-state index contributed by atoms with van der Waals surface area (Å²) >= 11 is 0. The van der Waals surface area contributed by atoms with Crippen molar-refractivity contribution in [2.24, 2.45) is 0 Å². The lowest BCUT2D eigenvalue weighted by atomic mass is 10.1. The van der Waals surface area contributed by atoms with Crippen LogP contribution in [0, 0.1) is 29.8 Å². The van der Waals surface area contributed by atoms with Gasteiger partial charge in [-0.25, -0.2) is 4.39 Å². The number of halogens is 1. The molecule has 9 heteroatoms. The highest BCUT2D eigenvalue weighted by Gasteiger charge is 2.24. The molecule has 0 bridgehead atoms. The zero-order chi connectivity index (χ0) is 15.7. The predicted octanol–water partition coefficient (Wildman–Crippen LogP) is 1.91. The molecular weight excluding hydrogens is 281 g/mol. The Labute approximate surface area is 118 Å². The Bertz CT molecular complexity index is 721. The number of aryl methyl sites for hydroxylation is 2. The Morgan fingerprint density at radius 2 is 2.14 bits per heavy atom. The van der Waals surface area contributed by atoms with Crippen molar-refractivity contribution in [2.45, 2.75) is 13.8 Å². The van der Waals surface area contributed by atoms with Crippen LogP contribution < -0.4 is 11.1 Å². The van der Waals surface area contributed by atoms with Crippen LogP contribution in [0.25, 0.3) is 0 Å². The zero-order valence-corrected chi connectivity index (χ0v) is 11.2. The number of nitrogen functional groups attached to an aromatic ring is 1. The summed E-state index contributed by atoms with van der Waals surface area (Å²) in [4.78, 5) is 22.1. The first kappa shape index (κ1) is 14.4. The molecule has 110 valence electrons. The van der Waals surface area contributed by atoms with Crippen LogP contribution in [-0.2, 0) is 0 Å². The molecule has 4 N–H and O–H groups in total. The highest BCUT2D eigenvalue weighted by Crippen LogP contribution is 2.28. The quantitative estimate of drug-likeness (QED) is 0.452. The summed E-state index contributed by atoms with van der Waals surface area (Å²) < 4.78 is 13.8. The van der Waals surface area contributed by atoms with Crippen LogP contribution >= 0.6 is 0 Å². The maximum Gasteiger partial charge on any atom is 0.293 e. The van der Waals surface area contributed by atoms with Crippen molar-refractivity contribution < 1.29 is 14.1 Å². The fourth-order valence-electron chi connectivity index (χ4n) is 1.88. The van der Waals surface area contributed by atoms with Crippen LogP contribution in [0.1, 0.15) is 21.7 Å². The molecule has 0 atom stereocenters. The van der Waals surface area contributed by atoms with Gasteiger partial charge in [-0.2, -0.15) is 5.10 Å². The second kappa shape index (κ2) is 5.19. The van der Waals surface area contributed by atoms with Crippen molar-refractivity contribution in [2.75, 3.05) is 11.1 Å². The first-order chi connectivity index (χ1) is 9.82. The highest BCUT2D eigenvalue weighted by atomic mass is 19.1. The van der Waals surface area contributed by atoms with E-state index in [0.717, 1.165) is 12.1 Å². The Morgan fingerprint density at radius 3 is 2.67 bits per heavy atom. The maximum absolute atomic E-state index is 13.8. The molecule has 1 amide bonds. The number of nitro groups is 1. The summed E-state index contributed by atoms with van der Waals surface area (Å²) in [7, 11) is 0. The van der Waals surface area contributed by atoms with Crippen LogP contribution in [0.4, 0.5) is 21.5 Å². The summed E-state index contributed by atoms with van der Waals surface area (Å²) in [5.74, 6) is -1.81. The number of hydrogen-bond donors (Lipinski definition) is 3. The maximum atomic E-state index is 13.8. The minimum Gasteiger partial charge on any atom is -0.392 e. The van der Waals surface area contributed by atoms with Gasteiger partial charge in [-0.15, -0.1) is 0 Å². The van der Waals surface area contributed by atoms with Crippen LogP contribution in [0.15, 0.2) is 12.1 Å². The normalized spacial score (nSPS) is 10.4. The smallest absolute Gasteiger partial charge is 0.293 e. The van der Waals surface area contributed by atoms with E-state index in [2.05, 4.69) is 15.5 Å². The molecule has 0 fully saturated rings. The molecule has 8 nitrogen and oxygen atoms in total. The number of hydrogen-bond acceptors (Lipinski definition) is 5. The van der Waals surface area contributed by atoms with Gasteiger partial charge in [0, 0.05) is 6.07 Å². The van der Waals surface area contributed by atoms with E-state index in [1.165, 1.54) is 0 Å². The molecule has 0 radical (unpaired) electrons. The van der Waals surface area contributed by atoms with E-state index < -0.39 is 33.6 Å². The number of nitrogens with zero attached hydrogens (tertiary/aromatic N) is 2. The first-order valence-electron chi connectivity index (χ1n) is 5.88. The van der Waals surface area contributed by atoms with Gasteiger partial charge in [0.2, 0.25) is 0 Å². The Kier molecular flexibility index (Phi) is 3.57. The fraction of sp³-hybridized carbons (Fsp3) is 0.167. The molecule has 0 unspecified atom stereocenters. The van der Waals surface area contributed by atoms with Gasteiger partial charge < -0.3 is 11.1 Å². The Morgan fingerprint density at radius 1 is 1.48 bits per heavy atom. The molecule has 2 aromatic rings. The second-order valence-electron chi connectivity index (χ2n) is 4.38. The third-order valence-corrected chi connectivity index (χ3v) is 2.96. The fourth-order valence-corrected chi connectivity index (χ4v) is 1.88. The number of rotatable bonds is 3. The molecule has 0 spiro atoms. The van der Waals surface area contributed by atoms with Gasteiger partial charge >= 0.3 is 0 Å². The second-order valence-corrected chi connectivity index (χ2v) is 4.38. The zero-order valence-electron chi connectivity index (χ0n) is 11.2. The van der Waals surface area contributed by atoms with E-state index in [1.807, 2.05) is 0 Å². The van der Waals surface area contributed by atoms with E-state index in [4.69, 9.17) is 5.73 Å². The third kappa shape index (κ3) is 2.53.